The van der Waals surface area contributed by atoms with Gasteiger partial charge in [0.15, 0.2) is 5.96 Å². The molecule has 3 heterocycles. The fourth-order valence-electron chi connectivity index (χ4n) is 4.67. The summed E-state index contributed by atoms with van der Waals surface area (Å²) in [6.45, 7) is 4.74. The largest absolute Gasteiger partial charge is 0.378 e. The highest BCUT2D eigenvalue weighted by molar-refractivity contribution is 6.30. The second-order valence-electron chi connectivity index (χ2n) is 7.98. The van der Waals surface area contributed by atoms with Crippen LogP contribution in [0.2, 0.25) is 5.02 Å². The molecule has 1 aromatic heterocycles. The van der Waals surface area contributed by atoms with Gasteiger partial charge < -0.3 is 9.64 Å². The molecule has 3 aliphatic rings. The van der Waals surface area contributed by atoms with Crippen LogP contribution in [-0.4, -0.2) is 53.5 Å². The van der Waals surface area contributed by atoms with E-state index >= 15 is 0 Å². The van der Waals surface area contributed by atoms with Gasteiger partial charge in [-0.05, 0) is 37.0 Å². The first kappa shape index (κ1) is 18.0. The van der Waals surface area contributed by atoms with Crippen LogP contribution < -0.4 is 4.90 Å². The molecule has 6 nitrogen and oxygen atoms in total. The number of ether oxygens (including phenoxy) is 1. The van der Waals surface area contributed by atoms with Crippen molar-refractivity contribution in [3.05, 3.63) is 46.6 Å². The van der Waals surface area contributed by atoms with Gasteiger partial charge >= 0.3 is 0 Å². The maximum Gasteiger partial charge on any atom is 0.199 e. The van der Waals surface area contributed by atoms with Crippen molar-refractivity contribution >= 4 is 23.4 Å². The highest BCUT2D eigenvalue weighted by Gasteiger charge is 2.43. The second kappa shape index (κ2) is 7.08. The SMILES string of the molecule is N=C(N1CCOCC1)N1CCCn2nc(C3(c4ccc(Cl)cc4)CCC3)cc21. The number of aryl methyl sites for hydroxylation is 1. The molecule has 1 aromatic carbocycles. The number of rotatable bonds is 2. The monoisotopic (exact) mass is 399 g/mol. The van der Waals surface area contributed by atoms with E-state index in [1.807, 2.05) is 12.1 Å². The van der Waals surface area contributed by atoms with E-state index in [-0.39, 0.29) is 5.41 Å². The molecule has 0 atom stereocenters. The molecule has 148 valence electrons. The molecule has 0 bridgehead atoms. The third kappa shape index (κ3) is 2.90. The highest BCUT2D eigenvalue weighted by atomic mass is 35.5. The zero-order valence-electron chi connectivity index (χ0n) is 16.0. The summed E-state index contributed by atoms with van der Waals surface area (Å²) in [7, 11) is 0. The average Bonchev–Trinajstić information content (AvgIpc) is 3.13. The van der Waals surface area contributed by atoms with Gasteiger partial charge in [-0.25, -0.2) is 4.68 Å². The summed E-state index contributed by atoms with van der Waals surface area (Å²) >= 11 is 6.12. The van der Waals surface area contributed by atoms with E-state index in [2.05, 4.69) is 32.7 Å². The zero-order valence-corrected chi connectivity index (χ0v) is 16.8. The lowest BCUT2D eigenvalue weighted by Crippen LogP contribution is -2.50. The summed E-state index contributed by atoms with van der Waals surface area (Å²) in [6, 6.07) is 10.5. The summed E-state index contributed by atoms with van der Waals surface area (Å²) in [4.78, 5) is 4.24. The summed E-state index contributed by atoms with van der Waals surface area (Å²) in [5.41, 5.74) is 2.42. The van der Waals surface area contributed by atoms with Gasteiger partial charge in [-0.2, -0.15) is 5.10 Å². The molecule has 0 amide bonds. The highest BCUT2D eigenvalue weighted by Crippen LogP contribution is 2.49. The van der Waals surface area contributed by atoms with Crippen molar-refractivity contribution in [3.8, 4) is 0 Å². The molecule has 28 heavy (non-hydrogen) atoms. The standard InChI is InChI=1S/C21H26ClN5O/c22-17-5-3-16(4-6-17)21(7-1-8-21)18-15-19-26(9-2-10-27(19)24-18)20(23)25-11-13-28-14-12-25/h3-6,15,23H,1-2,7-14H2. The molecule has 0 spiro atoms. The van der Waals surface area contributed by atoms with Crippen LogP contribution in [0.1, 0.15) is 36.9 Å². The number of guanidine groups is 1. The smallest absolute Gasteiger partial charge is 0.199 e. The number of anilines is 1. The fraction of sp³-hybridized carbons (Fsp3) is 0.524. The predicted molar refractivity (Wildman–Crippen MR) is 110 cm³/mol. The number of hydrogen-bond donors (Lipinski definition) is 1. The van der Waals surface area contributed by atoms with Crippen LogP contribution in [0.4, 0.5) is 5.82 Å². The molecule has 2 aliphatic heterocycles. The van der Waals surface area contributed by atoms with Crippen molar-refractivity contribution in [1.29, 1.82) is 5.41 Å². The van der Waals surface area contributed by atoms with Gasteiger partial charge in [0, 0.05) is 42.7 Å². The molecule has 1 saturated carbocycles. The maximum atomic E-state index is 8.76. The Morgan fingerprint density at radius 2 is 1.79 bits per heavy atom. The summed E-state index contributed by atoms with van der Waals surface area (Å²) < 4.78 is 7.55. The Kier molecular flexibility index (Phi) is 4.56. The van der Waals surface area contributed by atoms with Crippen LogP contribution in [0.25, 0.3) is 0 Å². The van der Waals surface area contributed by atoms with Crippen LogP contribution >= 0.6 is 11.6 Å². The summed E-state index contributed by atoms with van der Waals surface area (Å²) in [5.74, 6) is 1.63. The van der Waals surface area contributed by atoms with E-state index in [9.17, 15) is 0 Å². The van der Waals surface area contributed by atoms with Crippen LogP contribution in [-0.2, 0) is 16.7 Å². The van der Waals surface area contributed by atoms with E-state index in [1.165, 1.54) is 12.0 Å². The Balaban J connectivity index is 1.48. The molecule has 1 aliphatic carbocycles. The van der Waals surface area contributed by atoms with Crippen molar-refractivity contribution in [2.45, 2.75) is 37.6 Å². The molecule has 0 radical (unpaired) electrons. The van der Waals surface area contributed by atoms with E-state index in [0.29, 0.717) is 19.2 Å². The molecule has 7 heteroatoms. The lowest BCUT2D eigenvalue weighted by molar-refractivity contribution is 0.0668. The first-order chi connectivity index (χ1) is 13.7. The Morgan fingerprint density at radius 3 is 2.46 bits per heavy atom. The zero-order chi connectivity index (χ0) is 19.1. The number of fused-ring (bicyclic) bond motifs is 1. The first-order valence-electron chi connectivity index (χ1n) is 10.2. The van der Waals surface area contributed by atoms with Gasteiger partial charge in [0.1, 0.15) is 5.82 Å². The van der Waals surface area contributed by atoms with Gasteiger partial charge in [0.25, 0.3) is 0 Å². The quantitative estimate of drug-likeness (QED) is 0.620. The summed E-state index contributed by atoms with van der Waals surface area (Å²) in [5, 5.41) is 14.6. The second-order valence-corrected chi connectivity index (χ2v) is 8.42. The van der Waals surface area contributed by atoms with Crippen LogP contribution in [0.5, 0.6) is 0 Å². The molecular formula is C21H26ClN5O. The number of nitrogens with zero attached hydrogens (tertiary/aromatic N) is 4. The van der Waals surface area contributed by atoms with E-state index in [1.54, 1.807) is 0 Å². The minimum Gasteiger partial charge on any atom is -0.378 e. The molecule has 0 unspecified atom stereocenters. The van der Waals surface area contributed by atoms with Gasteiger partial charge in [0.2, 0.25) is 0 Å². The third-order valence-electron chi connectivity index (χ3n) is 6.45. The predicted octanol–water partition coefficient (Wildman–Crippen LogP) is 3.48. The third-order valence-corrected chi connectivity index (χ3v) is 6.70. The number of halogens is 1. The van der Waals surface area contributed by atoms with Crippen molar-refractivity contribution in [2.24, 2.45) is 0 Å². The molecule has 1 N–H and O–H groups in total. The molecule has 1 saturated heterocycles. The van der Waals surface area contributed by atoms with E-state index in [4.69, 9.17) is 26.8 Å². The molecule has 2 fully saturated rings. The van der Waals surface area contributed by atoms with Gasteiger partial charge in [-0.3, -0.25) is 10.3 Å². The fourth-order valence-corrected chi connectivity index (χ4v) is 4.79. The van der Waals surface area contributed by atoms with Crippen molar-refractivity contribution in [3.63, 3.8) is 0 Å². The minimum absolute atomic E-state index is 0.0121. The lowest BCUT2D eigenvalue weighted by atomic mass is 9.62. The van der Waals surface area contributed by atoms with Crippen LogP contribution in [0, 0.1) is 5.41 Å². The topological polar surface area (TPSA) is 57.4 Å². The van der Waals surface area contributed by atoms with Crippen LogP contribution in [0.3, 0.4) is 0 Å². The van der Waals surface area contributed by atoms with Crippen molar-refractivity contribution in [1.82, 2.24) is 14.7 Å². The van der Waals surface area contributed by atoms with E-state index < -0.39 is 0 Å². The minimum atomic E-state index is -0.0121. The Hall–Kier alpha value is -2.05. The Bertz CT molecular complexity index is 867. The number of hydrogen-bond acceptors (Lipinski definition) is 3. The Labute approximate surface area is 170 Å². The first-order valence-corrected chi connectivity index (χ1v) is 10.6. The molecule has 5 rings (SSSR count). The van der Waals surface area contributed by atoms with Crippen molar-refractivity contribution in [2.75, 3.05) is 37.7 Å². The maximum absolute atomic E-state index is 8.76. The van der Waals surface area contributed by atoms with Gasteiger partial charge in [-0.15, -0.1) is 0 Å². The normalized spacial score (nSPS) is 21.2. The number of morpholine rings is 1. The Morgan fingerprint density at radius 1 is 1.04 bits per heavy atom. The van der Waals surface area contributed by atoms with E-state index in [0.717, 1.165) is 62.0 Å². The van der Waals surface area contributed by atoms with Crippen LogP contribution in [0.15, 0.2) is 30.3 Å². The van der Waals surface area contributed by atoms with Gasteiger partial charge in [0.05, 0.1) is 18.9 Å². The number of nitrogens with one attached hydrogen (secondary N) is 1. The molecular weight excluding hydrogens is 374 g/mol. The van der Waals surface area contributed by atoms with Crippen molar-refractivity contribution < 1.29 is 4.74 Å². The lowest BCUT2D eigenvalue weighted by Gasteiger charge is -2.41. The summed E-state index contributed by atoms with van der Waals surface area (Å²) in [6.07, 6.45) is 4.46. The molecule has 2 aromatic rings. The number of aromatic nitrogens is 2. The number of benzene rings is 1. The average molecular weight is 400 g/mol. The van der Waals surface area contributed by atoms with Gasteiger partial charge in [-0.1, -0.05) is 30.2 Å².